The first-order valence-electron chi connectivity index (χ1n) is 5.86. The molecule has 3 atom stereocenters. The van der Waals surface area contributed by atoms with Gasteiger partial charge in [-0.15, -0.1) is 0 Å². The van der Waals surface area contributed by atoms with Gasteiger partial charge in [-0.25, -0.2) is 0 Å². The van der Waals surface area contributed by atoms with Crippen LogP contribution >= 0.6 is 7.60 Å². The van der Waals surface area contributed by atoms with E-state index in [1.807, 2.05) is 0 Å². The maximum atomic E-state index is 12.0. The fourth-order valence-electron chi connectivity index (χ4n) is 1.82. The first-order chi connectivity index (χ1) is 8.00. The van der Waals surface area contributed by atoms with E-state index in [1.165, 1.54) is 0 Å². The normalized spacial score (nSPS) is 29.8. The van der Waals surface area contributed by atoms with Crippen molar-refractivity contribution in [1.82, 2.24) is 0 Å². The molecule has 0 radical (unpaired) electrons. The summed E-state index contributed by atoms with van der Waals surface area (Å²) < 4.78 is 27.5. The Hall–Kier alpha value is 0.0300. The zero-order valence-corrected chi connectivity index (χ0v) is 11.1. The molecule has 102 valence electrons. The molecule has 0 amide bonds. The molecule has 1 fully saturated rings. The van der Waals surface area contributed by atoms with Crippen molar-refractivity contribution in [2.24, 2.45) is 0 Å². The van der Waals surface area contributed by atoms with Crippen molar-refractivity contribution in [3.05, 3.63) is 0 Å². The molecule has 0 heterocycles. The molecule has 0 spiro atoms. The zero-order chi connectivity index (χ0) is 12.9. The quantitative estimate of drug-likeness (QED) is 0.673. The standard InChI is InChI=1S/C10H21O6P/c1-3-15-17(13,16-4-2)7-14-10-6-8(11)5-9(10)12/h8-12H,3-7H2,1-2H3. The van der Waals surface area contributed by atoms with Crippen molar-refractivity contribution in [1.29, 1.82) is 0 Å². The fraction of sp³-hybridized carbons (Fsp3) is 1.00. The van der Waals surface area contributed by atoms with Gasteiger partial charge in [0.2, 0.25) is 0 Å². The van der Waals surface area contributed by atoms with E-state index in [4.69, 9.17) is 13.8 Å². The van der Waals surface area contributed by atoms with E-state index in [2.05, 4.69) is 0 Å². The molecule has 0 bridgehead atoms. The van der Waals surface area contributed by atoms with Crippen LogP contribution in [-0.2, 0) is 18.3 Å². The third kappa shape index (κ3) is 4.66. The first kappa shape index (κ1) is 15.1. The van der Waals surface area contributed by atoms with Crippen molar-refractivity contribution < 1.29 is 28.6 Å². The first-order valence-corrected chi connectivity index (χ1v) is 7.59. The highest BCUT2D eigenvalue weighted by Crippen LogP contribution is 2.48. The summed E-state index contributed by atoms with van der Waals surface area (Å²) in [5, 5.41) is 18.9. The van der Waals surface area contributed by atoms with Gasteiger partial charge in [0.25, 0.3) is 0 Å². The number of aliphatic hydroxyl groups is 2. The van der Waals surface area contributed by atoms with Crippen LogP contribution in [0.2, 0.25) is 0 Å². The summed E-state index contributed by atoms with van der Waals surface area (Å²) in [5.74, 6) is 0. The summed E-state index contributed by atoms with van der Waals surface area (Å²) in [6.07, 6.45) is -1.34. The molecule has 17 heavy (non-hydrogen) atoms. The smallest absolute Gasteiger partial charge is 0.356 e. The van der Waals surface area contributed by atoms with Crippen molar-refractivity contribution in [2.45, 2.75) is 45.0 Å². The van der Waals surface area contributed by atoms with Crippen LogP contribution < -0.4 is 0 Å². The number of hydrogen-bond acceptors (Lipinski definition) is 6. The Morgan fingerprint density at radius 2 is 1.76 bits per heavy atom. The summed E-state index contributed by atoms with van der Waals surface area (Å²) in [5.41, 5.74) is 0. The largest absolute Gasteiger partial charge is 0.393 e. The highest BCUT2D eigenvalue weighted by Gasteiger charge is 2.35. The molecule has 0 saturated heterocycles. The topological polar surface area (TPSA) is 85.2 Å². The summed E-state index contributed by atoms with van der Waals surface area (Å²) in [6.45, 7) is 3.99. The second-order valence-corrected chi connectivity index (χ2v) is 5.97. The summed E-state index contributed by atoms with van der Waals surface area (Å²) in [4.78, 5) is 0. The monoisotopic (exact) mass is 268 g/mol. The average Bonchev–Trinajstić information content (AvgIpc) is 2.55. The lowest BCUT2D eigenvalue weighted by molar-refractivity contribution is -0.00744. The number of hydrogen-bond donors (Lipinski definition) is 2. The van der Waals surface area contributed by atoms with E-state index < -0.39 is 25.9 Å². The van der Waals surface area contributed by atoms with Crippen LogP contribution in [0.5, 0.6) is 0 Å². The van der Waals surface area contributed by atoms with Gasteiger partial charge in [0.1, 0.15) is 6.35 Å². The lowest BCUT2D eigenvalue weighted by atomic mass is 10.3. The third-order valence-corrected chi connectivity index (χ3v) is 4.31. The van der Waals surface area contributed by atoms with E-state index in [0.717, 1.165) is 0 Å². The van der Waals surface area contributed by atoms with Crippen LogP contribution in [0.1, 0.15) is 26.7 Å². The predicted octanol–water partition coefficient (Wildman–Crippen LogP) is 1.11. The molecule has 0 aromatic rings. The minimum atomic E-state index is -3.23. The molecular formula is C10H21O6P. The molecule has 2 N–H and O–H groups in total. The van der Waals surface area contributed by atoms with Crippen LogP contribution in [0.3, 0.4) is 0 Å². The van der Waals surface area contributed by atoms with Crippen LogP contribution in [0.25, 0.3) is 0 Å². The molecule has 0 aromatic heterocycles. The van der Waals surface area contributed by atoms with Gasteiger partial charge in [-0.05, 0) is 13.8 Å². The Morgan fingerprint density at radius 1 is 1.18 bits per heavy atom. The molecule has 1 rings (SSSR count). The van der Waals surface area contributed by atoms with Gasteiger partial charge in [-0.3, -0.25) is 4.57 Å². The van der Waals surface area contributed by atoms with Crippen LogP contribution in [0, 0.1) is 0 Å². The Bertz CT molecular complexity index is 262. The van der Waals surface area contributed by atoms with Crippen molar-refractivity contribution in [3.8, 4) is 0 Å². The Kier molecular flexibility index (Phi) is 6.06. The summed E-state index contributed by atoms with van der Waals surface area (Å²) >= 11 is 0. The molecule has 1 saturated carbocycles. The Balaban J connectivity index is 2.44. The van der Waals surface area contributed by atoms with Gasteiger partial charge in [0.15, 0.2) is 0 Å². The average molecular weight is 268 g/mol. The second kappa shape index (κ2) is 6.83. The summed E-state index contributed by atoms with van der Waals surface area (Å²) in [7, 11) is -3.23. The van der Waals surface area contributed by atoms with Crippen molar-refractivity contribution in [2.75, 3.05) is 19.6 Å². The Morgan fingerprint density at radius 3 is 2.18 bits per heavy atom. The minimum absolute atomic E-state index is 0.191. The molecule has 6 nitrogen and oxygen atoms in total. The van der Waals surface area contributed by atoms with Gasteiger partial charge in [-0.1, -0.05) is 0 Å². The molecule has 7 heteroatoms. The van der Waals surface area contributed by atoms with E-state index in [-0.39, 0.29) is 26.0 Å². The fourth-order valence-corrected chi connectivity index (χ4v) is 3.21. The number of ether oxygens (including phenoxy) is 1. The zero-order valence-electron chi connectivity index (χ0n) is 10.2. The third-order valence-electron chi connectivity index (χ3n) is 2.55. The molecule has 3 unspecified atom stereocenters. The minimum Gasteiger partial charge on any atom is -0.393 e. The van der Waals surface area contributed by atoms with Crippen LogP contribution in [0.15, 0.2) is 0 Å². The van der Waals surface area contributed by atoms with Gasteiger partial charge < -0.3 is 24.0 Å². The maximum absolute atomic E-state index is 12.0. The van der Waals surface area contributed by atoms with Gasteiger partial charge >= 0.3 is 7.60 Å². The van der Waals surface area contributed by atoms with Crippen LogP contribution in [0.4, 0.5) is 0 Å². The molecule has 1 aliphatic rings. The molecular weight excluding hydrogens is 247 g/mol. The van der Waals surface area contributed by atoms with E-state index >= 15 is 0 Å². The molecule has 0 aliphatic heterocycles. The van der Waals surface area contributed by atoms with Gasteiger partial charge in [0.05, 0.1) is 31.5 Å². The van der Waals surface area contributed by atoms with Crippen molar-refractivity contribution in [3.63, 3.8) is 0 Å². The Labute approximate surface area is 101 Å². The molecule has 1 aliphatic carbocycles. The highest BCUT2D eigenvalue weighted by molar-refractivity contribution is 7.53. The SMILES string of the molecule is CCOP(=O)(COC1CC(O)CC1O)OCC. The number of aliphatic hydroxyl groups excluding tert-OH is 2. The van der Waals surface area contributed by atoms with Crippen LogP contribution in [-0.4, -0.2) is 48.1 Å². The highest BCUT2D eigenvalue weighted by atomic mass is 31.2. The van der Waals surface area contributed by atoms with Crippen molar-refractivity contribution >= 4 is 7.60 Å². The van der Waals surface area contributed by atoms with Gasteiger partial charge in [-0.2, -0.15) is 0 Å². The van der Waals surface area contributed by atoms with E-state index in [9.17, 15) is 14.8 Å². The summed E-state index contributed by atoms with van der Waals surface area (Å²) in [6, 6.07) is 0. The maximum Gasteiger partial charge on any atom is 0.356 e. The second-order valence-electron chi connectivity index (χ2n) is 3.97. The number of rotatable bonds is 7. The predicted molar refractivity (Wildman–Crippen MR) is 61.8 cm³/mol. The van der Waals surface area contributed by atoms with Gasteiger partial charge in [0, 0.05) is 12.8 Å². The van der Waals surface area contributed by atoms with E-state index in [0.29, 0.717) is 6.42 Å². The van der Waals surface area contributed by atoms with E-state index in [1.54, 1.807) is 13.8 Å². The lowest BCUT2D eigenvalue weighted by Crippen LogP contribution is -2.23. The molecule has 0 aromatic carbocycles. The lowest BCUT2D eigenvalue weighted by Gasteiger charge is -2.20.